The maximum absolute atomic E-state index is 11.8. The van der Waals surface area contributed by atoms with E-state index in [9.17, 15) is 4.79 Å². The number of rotatable bonds is 10. The van der Waals surface area contributed by atoms with Crippen molar-refractivity contribution in [1.82, 2.24) is 4.98 Å². The fourth-order valence-corrected chi connectivity index (χ4v) is 2.08. The Morgan fingerprint density at radius 3 is 2.28 bits per heavy atom. The van der Waals surface area contributed by atoms with Gasteiger partial charge in [0.05, 0.1) is 0 Å². The molecule has 0 atom stereocenters. The molecule has 0 amide bonds. The van der Waals surface area contributed by atoms with Gasteiger partial charge in [-0.15, -0.1) is 0 Å². The minimum absolute atomic E-state index is 0.182. The van der Waals surface area contributed by atoms with Crippen molar-refractivity contribution in [3.05, 3.63) is 30.1 Å². The van der Waals surface area contributed by atoms with Gasteiger partial charge in [0.1, 0.15) is 5.69 Å². The van der Waals surface area contributed by atoms with Gasteiger partial charge in [-0.3, -0.25) is 9.78 Å². The first-order valence-corrected chi connectivity index (χ1v) is 7.29. The number of unbranched alkanes of at least 4 members (excludes halogenated alkanes) is 7. The molecule has 0 N–H and O–H groups in total. The van der Waals surface area contributed by atoms with Gasteiger partial charge in [0.25, 0.3) is 0 Å². The number of ketones is 1. The second kappa shape index (κ2) is 9.81. The Balaban J connectivity index is 2.00. The summed E-state index contributed by atoms with van der Waals surface area (Å²) < 4.78 is 0. The summed E-state index contributed by atoms with van der Waals surface area (Å²) in [6, 6.07) is 5.51. The molecule has 100 valence electrons. The van der Waals surface area contributed by atoms with E-state index in [1.807, 2.05) is 12.1 Å². The third-order valence-corrected chi connectivity index (χ3v) is 3.21. The van der Waals surface area contributed by atoms with Crippen LogP contribution in [-0.4, -0.2) is 10.8 Å². The van der Waals surface area contributed by atoms with Crippen molar-refractivity contribution in [2.24, 2.45) is 0 Å². The quantitative estimate of drug-likeness (QED) is 0.439. The van der Waals surface area contributed by atoms with Crippen LogP contribution in [0.15, 0.2) is 24.4 Å². The maximum atomic E-state index is 11.8. The fraction of sp³-hybridized carbons (Fsp3) is 0.625. The Hall–Kier alpha value is -1.18. The second-order valence-corrected chi connectivity index (χ2v) is 4.86. The number of aromatic nitrogens is 1. The van der Waals surface area contributed by atoms with Crippen LogP contribution in [0.4, 0.5) is 0 Å². The lowest BCUT2D eigenvalue weighted by molar-refractivity contribution is 0.0974. The monoisotopic (exact) mass is 247 g/mol. The molecule has 0 bridgehead atoms. The van der Waals surface area contributed by atoms with Crippen molar-refractivity contribution in [3.8, 4) is 0 Å². The summed E-state index contributed by atoms with van der Waals surface area (Å²) in [7, 11) is 0. The van der Waals surface area contributed by atoms with Gasteiger partial charge >= 0.3 is 0 Å². The molecule has 1 rings (SSSR count). The van der Waals surface area contributed by atoms with Gasteiger partial charge in [-0.2, -0.15) is 0 Å². The highest BCUT2D eigenvalue weighted by Gasteiger charge is 2.05. The largest absolute Gasteiger partial charge is 0.292 e. The van der Waals surface area contributed by atoms with Crippen molar-refractivity contribution in [1.29, 1.82) is 0 Å². The van der Waals surface area contributed by atoms with E-state index in [0.29, 0.717) is 12.1 Å². The van der Waals surface area contributed by atoms with Gasteiger partial charge in [0.15, 0.2) is 5.78 Å². The molecule has 1 aromatic heterocycles. The molecule has 0 aliphatic carbocycles. The van der Waals surface area contributed by atoms with Crippen molar-refractivity contribution in [3.63, 3.8) is 0 Å². The summed E-state index contributed by atoms with van der Waals surface area (Å²) in [6.07, 6.45) is 12.5. The zero-order chi connectivity index (χ0) is 13.1. The van der Waals surface area contributed by atoms with Gasteiger partial charge < -0.3 is 0 Å². The highest BCUT2D eigenvalue weighted by atomic mass is 16.1. The summed E-state index contributed by atoms with van der Waals surface area (Å²) in [6.45, 7) is 2.24. The number of carbonyl (C=O) groups excluding carboxylic acids is 1. The second-order valence-electron chi connectivity index (χ2n) is 4.86. The highest BCUT2D eigenvalue weighted by Crippen LogP contribution is 2.11. The van der Waals surface area contributed by atoms with Crippen molar-refractivity contribution in [2.75, 3.05) is 0 Å². The van der Waals surface area contributed by atoms with Crippen LogP contribution in [0.25, 0.3) is 0 Å². The van der Waals surface area contributed by atoms with Crippen molar-refractivity contribution < 1.29 is 4.79 Å². The van der Waals surface area contributed by atoms with E-state index in [1.54, 1.807) is 12.3 Å². The van der Waals surface area contributed by atoms with E-state index in [2.05, 4.69) is 11.9 Å². The molecule has 1 aromatic rings. The minimum atomic E-state index is 0.182. The standard InChI is InChI=1S/C16H25NO/c1-2-3-4-5-6-7-8-9-13-16(18)15-12-10-11-14-17-15/h10-12,14H,2-9,13H2,1H3. The Morgan fingerprint density at radius 1 is 1.00 bits per heavy atom. The van der Waals surface area contributed by atoms with E-state index >= 15 is 0 Å². The molecule has 2 nitrogen and oxygen atoms in total. The molecule has 0 aliphatic heterocycles. The van der Waals surface area contributed by atoms with Crippen molar-refractivity contribution in [2.45, 2.75) is 64.7 Å². The molecule has 0 aliphatic rings. The number of Topliss-reactive ketones (excluding diaryl/α,β-unsaturated/α-hetero) is 1. The number of hydrogen-bond donors (Lipinski definition) is 0. The molecule has 0 fully saturated rings. The summed E-state index contributed by atoms with van der Waals surface area (Å²) in [5.74, 6) is 0.182. The Bertz CT molecular complexity index is 321. The number of pyridine rings is 1. The predicted molar refractivity (Wildman–Crippen MR) is 75.8 cm³/mol. The van der Waals surface area contributed by atoms with Crippen LogP contribution < -0.4 is 0 Å². The minimum Gasteiger partial charge on any atom is -0.292 e. The lowest BCUT2D eigenvalue weighted by atomic mass is 10.1. The number of hydrogen-bond acceptors (Lipinski definition) is 2. The third-order valence-electron chi connectivity index (χ3n) is 3.21. The zero-order valence-corrected chi connectivity index (χ0v) is 11.5. The summed E-state index contributed by atoms with van der Waals surface area (Å²) in [5.41, 5.74) is 0.612. The van der Waals surface area contributed by atoms with Gasteiger partial charge in [-0.05, 0) is 18.6 Å². The summed E-state index contributed by atoms with van der Waals surface area (Å²) in [4.78, 5) is 15.8. The lowest BCUT2D eigenvalue weighted by Crippen LogP contribution is -2.01. The van der Waals surface area contributed by atoms with Crippen LogP contribution in [0.2, 0.25) is 0 Å². The van der Waals surface area contributed by atoms with E-state index in [1.165, 1.54) is 44.9 Å². The first kappa shape index (κ1) is 14.9. The van der Waals surface area contributed by atoms with Crippen LogP contribution in [0.1, 0.15) is 75.2 Å². The van der Waals surface area contributed by atoms with Crippen molar-refractivity contribution >= 4 is 5.78 Å². The number of nitrogens with zero attached hydrogens (tertiary/aromatic N) is 1. The normalized spacial score (nSPS) is 10.5. The third kappa shape index (κ3) is 6.53. The average Bonchev–Trinajstić information content (AvgIpc) is 2.42. The van der Waals surface area contributed by atoms with Gasteiger partial charge in [0.2, 0.25) is 0 Å². The van der Waals surface area contributed by atoms with E-state index < -0.39 is 0 Å². The molecule has 18 heavy (non-hydrogen) atoms. The Kier molecular flexibility index (Phi) is 8.11. The number of carbonyl (C=O) groups is 1. The van der Waals surface area contributed by atoms with Gasteiger partial charge in [-0.25, -0.2) is 0 Å². The smallest absolute Gasteiger partial charge is 0.181 e. The first-order chi connectivity index (χ1) is 8.84. The first-order valence-electron chi connectivity index (χ1n) is 7.29. The summed E-state index contributed by atoms with van der Waals surface area (Å²) in [5, 5.41) is 0. The maximum Gasteiger partial charge on any atom is 0.181 e. The lowest BCUT2D eigenvalue weighted by Gasteiger charge is -2.01. The molecule has 0 saturated heterocycles. The van der Waals surface area contributed by atoms with E-state index in [0.717, 1.165) is 6.42 Å². The Labute approximate surface area is 111 Å². The molecule has 0 spiro atoms. The SMILES string of the molecule is CCCCCCCCCCC(=O)c1ccccn1. The van der Waals surface area contributed by atoms with Crippen LogP contribution in [0.5, 0.6) is 0 Å². The van der Waals surface area contributed by atoms with Gasteiger partial charge in [-0.1, -0.05) is 57.9 Å². The molecule has 0 radical (unpaired) electrons. The Morgan fingerprint density at radius 2 is 1.67 bits per heavy atom. The molecule has 2 heteroatoms. The molecule has 0 aromatic carbocycles. The van der Waals surface area contributed by atoms with Crippen LogP contribution in [-0.2, 0) is 0 Å². The van der Waals surface area contributed by atoms with Crippen LogP contribution in [0.3, 0.4) is 0 Å². The molecule has 0 unspecified atom stereocenters. The average molecular weight is 247 g/mol. The summed E-state index contributed by atoms with van der Waals surface area (Å²) >= 11 is 0. The van der Waals surface area contributed by atoms with Crippen LogP contribution >= 0.6 is 0 Å². The molecular weight excluding hydrogens is 222 g/mol. The molecule has 1 heterocycles. The molecular formula is C16H25NO. The predicted octanol–water partition coefficient (Wildman–Crippen LogP) is 4.80. The van der Waals surface area contributed by atoms with E-state index in [4.69, 9.17) is 0 Å². The van der Waals surface area contributed by atoms with Crippen LogP contribution in [0, 0.1) is 0 Å². The van der Waals surface area contributed by atoms with E-state index in [-0.39, 0.29) is 5.78 Å². The molecule has 0 saturated carbocycles. The van der Waals surface area contributed by atoms with Gasteiger partial charge in [0, 0.05) is 12.6 Å². The highest BCUT2D eigenvalue weighted by molar-refractivity contribution is 5.94. The topological polar surface area (TPSA) is 30.0 Å². The fourth-order valence-electron chi connectivity index (χ4n) is 2.08. The zero-order valence-electron chi connectivity index (χ0n) is 11.5.